The summed E-state index contributed by atoms with van der Waals surface area (Å²) in [7, 11) is 0. The number of amides is 1. The van der Waals surface area contributed by atoms with Crippen molar-refractivity contribution in [3.63, 3.8) is 0 Å². The van der Waals surface area contributed by atoms with Gasteiger partial charge in [-0.25, -0.2) is 0 Å². The van der Waals surface area contributed by atoms with Crippen LogP contribution < -0.4 is 15.8 Å². The van der Waals surface area contributed by atoms with Crippen molar-refractivity contribution in [2.45, 2.75) is 45.3 Å². The minimum Gasteiger partial charge on any atom is -0.479 e. The largest absolute Gasteiger partial charge is 0.479 e. The van der Waals surface area contributed by atoms with Gasteiger partial charge in [-0.1, -0.05) is 43.1 Å². The summed E-state index contributed by atoms with van der Waals surface area (Å²) in [5.41, 5.74) is 5.76. The Morgan fingerprint density at radius 1 is 1.36 bits per heavy atom. The first kappa shape index (κ1) is 21.3. The third-order valence-electron chi connectivity index (χ3n) is 3.61. The third-order valence-corrected chi connectivity index (χ3v) is 4.41. The summed E-state index contributed by atoms with van der Waals surface area (Å²) in [5.74, 6) is 0.152. The number of hydrogen-bond donors (Lipinski definition) is 2. The van der Waals surface area contributed by atoms with Crippen LogP contribution >= 0.6 is 35.6 Å². The van der Waals surface area contributed by atoms with Crippen LogP contribution in [0.15, 0.2) is 18.2 Å². The van der Waals surface area contributed by atoms with Gasteiger partial charge in [0.05, 0.1) is 5.02 Å². The highest BCUT2D eigenvalue weighted by Gasteiger charge is 2.23. The van der Waals surface area contributed by atoms with E-state index in [0.29, 0.717) is 22.3 Å². The van der Waals surface area contributed by atoms with E-state index >= 15 is 0 Å². The van der Waals surface area contributed by atoms with Gasteiger partial charge >= 0.3 is 0 Å². The monoisotopic (exact) mass is 368 g/mol. The smallest absolute Gasteiger partial charge is 0.260 e. The van der Waals surface area contributed by atoms with E-state index in [-0.39, 0.29) is 23.9 Å². The fraction of sp³-hybridized carbons (Fsp3) is 0.533. The molecule has 1 aromatic rings. The van der Waals surface area contributed by atoms with Crippen molar-refractivity contribution in [2.24, 2.45) is 5.73 Å². The highest BCUT2D eigenvalue weighted by atomic mass is 35.5. The summed E-state index contributed by atoms with van der Waals surface area (Å²) in [6.07, 6.45) is 0.900. The highest BCUT2D eigenvalue weighted by molar-refractivity contribution is 6.42. The van der Waals surface area contributed by atoms with Crippen LogP contribution in [-0.4, -0.2) is 24.1 Å². The molecule has 1 atom stereocenters. The number of nitrogens with two attached hydrogens (primary N) is 1. The highest BCUT2D eigenvalue weighted by Crippen LogP contribution is 2.32. The predicted octanol–water partition coefficient (Wildman–Crippen LogP) is 3.82. The molecule has 1 aromatic carbocycles. The molecule has 126 valence electrons. The van der Waals surface area contributed by atoms with E-state index in [0.717, 1.165) is 12.8 Å². The van der Waals surface area contributed by atoms with Gasteiger partial charge in [-0.3, -0.25) is 4.79 Å². The lowest BCUT2D eigenvalue weighted by molar-refractivity contribution is -0.127. The van der Waals surface area contributed by atoms with Crippen LogP contribution in [0.25, 0.3) is 0 Å². The van der Waals surface area contributed by atoms with Crippen LogP contribution in [0, 0.1) is 0 Å². The van der Waals surface area contributed by atoms with E-state index in [2.05, 4.69) is 5.32 Å². The Bertz CT molecular complexity index is 494. The van der Waals surface area contributed by atoms with E-state index in [1.54, 1.807) is 25.1 Å². The maximum Gasteiger partial charge on any atom is 0.260 e. The van der Waals surface area contributed by atoms with Crippen LogP contribution in [0.1, 0.15) is 33.6 Å². The first-order valence-corrected chi connectivity index (χ1v) is 7.75. The molecule has 0 aliphatic heterocycles. The summed E-state index contributed by atoms with van der Waals surface area (Å²) in [4.78, 5) is 12.1. The minimum atomic E-state index is -0.682. The maximum absolute atomic E-state index is 12.1. The van der Waals surface area contributed by atoms with Gasteiger partial charge < -0.3 is 15.8 Å². The Kier molecular flexibility index (Phi) is 9.16. The van der Waals surface area contributed by atoms with Gasteiger partial charge in [0.15, 0.2) is 6.10 Å². The van der Waals surface area contributed by atoms with Gasteiger partial charge in [-0.2, -0.15) is 0 Å². The van der Waals surface area contributed by atoms with Gasteiger partial charge in [0, 0.05) is 12.1 Å². The van der Waals surface area contributed by atoms with Crippen LogP contribution in [-0.2, 0) is 4.79 Å². The molecule has 0 aromatic heterocycles. The Morgan fingerprint density at radius 2 is 1.95 bits per heavy atom. The van der Waals surface area contributed by atoms with E-state index in [4.69, 9.17) is 33.7 Å². The van der Waals surface area contributed by atoms with Crippen molar-refractivity contribution in [2.75, 3.05) is 6.54 Å². The molecule has 3 N–H and O–H groups in total. The molecule has 1 unspecified atom stereocenters. The molecular formula is C15H23Cl3N2O2. The molecule has 0 heterocycles. The van der Waals surface area contributed by atoms with Crippen LogP contribution in [0.3, 0.4) is 0 Å². The van der Waals surface area contributed by atoms with Gasteiger partial charge in [0.2, 0.25) is 0 Å². The fourth-order valence-electron chi connectivity index (χ4n) is 1.73. The van der Waals surface area contributed by atoms with Crippen molar-refractivity contribution in [1.29, 1.82) is 0 Å². The molecule has 7 heteroatoms. The van der Waals surface area contributed by atoms with Crippen LogP contribution in [0.5, 0.6) is 5.75 Å². The summed E-state index contributed by atoms with van der Waals surface area (Å²) in [5, 5.41) is 3.50. The normalized spacial score (nSPS) is 12.3. The Balaban J connectivity index is 0.00000441. The van der Waals surface area contributed by atoms with Gasteiger partial charge in [-0.05, 0) is 31.9 Å². The molecule has 0 saturated heterocycles. The minimum absolute atomic E-state index is 0. The second-order valence-electron chi connectivity index (χ2n) is 5.10. The van der Waals surface area contributed by atoms with Gasteiger partial charge in [0.25, 0.3) is 5.91 Å². The van der Waals surface area contributed by atoms with Crippen molar-refractivity contribution < 1.29 is 9.53 Å². The Hall–Kier alpha value is -0.680. The molecule has 0 spiro atoms. The first-order chi connectivity index (χ1) is 9.83. The standard InChI is InChI=1S/C15H22Cl2N2O2.ClH/c1-4-15(18,5-2)9-19-14(20)10(3)21-12-8-6-7-11(16)13(12)17;/h6-8,10H,4-5,9,18H2,1-3H3,(H,19,20);1H. The lowest BCUT2D eigenvalue weighted by Gasteiger charge is -2.27. The molecule has 22 heavy (non-hydrogen) atoms. The van der Waals surface area contributed by atoms with Gasteiger partial charge in [0.1, 0.15) is 10.8 Å². The summed E-state index contributed by atoms with van der Waals surface area (Å²) in [6, 6.07) is 5.04. The second-order valence-corrected chi connectivity index (χ2v) is 5.88. The number of hydrogen-bond acceptors (Lipinski definition) is 3. The van der Waals surface area contributed by atoms with E-state index in [9.17, 15) is 4.79 Å². The summed E-state index contributed by atoms with van der Waals surface area (Å²) < 4.78 is 5.55. The maximum atomic E-state index is 12.1. The van der Waals surface area contributed by atoms with E-state index in [1.165, 1.54) is 0 Å². The average molecular weight is 370 g/mol. The summed E-state index contributed by atoms with van der Waals surface area (Å²) >= 11 is 11.9. The number of halogens is 3. The SMILES string of the molecule is CCC(N)(CC)CNC(=O)C(C)Oc1cccc(Cl)c1Cl.Cl. The molecular weight excluding hydrogens is 347 g/mol. The Labute approximate surface area is 148 Å². The molecule has 0 radical (unpaired) electrons. The summed E-state index contributed by atoms with van der Waals surface area (Å²) in [6.45, 7) is 6.07. The third kappa shape index (κ3) is 5.84. The number of carbonyl (C=O) groups is 1. The van der Waals surface area contributed by atoms with Crippen LogP contribution in [0.2, 0.25) is 10.0 Å². The number of nitrogens with one attached hydrogen (secondary N) is 1. The van der Waals surface area contributed by atoms with E-state index in [1.807, 2.05) is 13.8 Å². The topological polar surface area (TPSA) is 64.3 Å². The van der Waals surface area contributed by atoms with E-state index < -0.39 is 6.10 Å². The van der Waals surface area contributed by atoms with Gasteiger partial charge in [-0.15, -0.1) is 12.4 Å². The molecule has 1 amide bonds. The van der Waals surface area contributed by atoms with Crippen molar-refractivity contribution >= 4 is 41.5 Å². The molecule has 0 aliphatic rings. The molecule has 1 rings (SSSR count). The Morgan fingerprint density at radius 3 is 2.50 bits per heavy atom. The fourth-order valence-corrected chi connectivity index (χ4v) is 2.06. The second kappa shape index (κ2) is 9.46. The molecule has 0 bridgehead atoms. The lowest BCUT2D eigenvalue weighted by Crippen LogP contribution is -2.51. The number of rotatable bonds is 7. The molecule has 0 saturated carbocycles. The molecule has 0 fully saturated rings. The molecule has 4 nitrogen and oxygen atoms in total. The first-order valence-electron chi connectivity index (χ1n) is 7.00. The van der Waals surface area contributed by atoms with Crippen molar-refractivity contribution in [3.05, 3.63) is 28.2 Å². The van der Waals surface area contributed by atoms with Crippen molar-refractivity contribution in [3.8, 4) is 5.75 Å². The predicted molar refractivity (Wildman–Crippen MR) is 94.3 cm³/mol. The van der Waals surface area contributed by atoms with Crippen LogP contribution in [0.4, 0.5) is 0 Å². The zero-order valence-electron chi connectivity index (χ0n) is 13.0. The molecule has 0 aliphatic carbocycles. The zero-order valence-corrected chi connectivity index (χ0v) is 15.3. The van der Waals surface area contributed by atoms with Crippen molar-refractivity contribution in [1.82, 2.24) is 5.32 Å². The average Bonchev–Trinajstić information content (AvgIpc) is 2.49. The number of carbonyl (C=O) groups excluding carboxylic acids is 1. The lowest BCUT2D eigenvalue weighted by atomic mass is 9.94. The number of ether oxygens (including phenoxy) is 1. The number of benzene rings is 1. The quantitative estimate of drug-likeness (QED) is 0.768. The zero-order chi connectivity index (χ0) is 16.0.